The number of esters is 1. The van der Waals surface area contributed by atoms with E-state index in [-0.39, 0.29) is 24.2 Å². The number of nitrogens with zero attached hydrogens (tertiary/aromatic N) is 1. The molecule has 1 aliphatic rings. The highest BCUT2D eigenvalue weighted by Gasteiger charge is 2.33. The first kappa shape index (κ1) is 16.0. The minimum atomic E-state index is -0.516. The van der Waals surface area contributed by atoms with Crippen LogP contribution in [-0.2, 0) is 19.2 Å². The third-order valence-electron chi connectivity index (χ3n) is 3.08. The van der Waals surface area contributed by atoms with Gasteiger partial charge in [0, 0.05) is 7.05 Å². The second kappa shape index (κ2) is 6.37. The Kier molecular flexibility index (Phi) is 5.35. The van der Waals surface area contributed by atoms with Crippen molar-refractivity contribution in [2.45, 2.75) is 52.1 Å². The standard InChI is InChI=1S/C14H25NO4/c1-14(2,3)19-12(16)9-11(8-10-6-7-10)13(17)15(4)18-5/h10-11H,6-9H2,1-5H3/t11-/m1/s1. The number of ether oxygens (including phenoxy) is 1. The monoisotopic (exact) mass is 271 g/mol. The Bertz CT molecular complexity index is 331. The van der Waals surface area contributed by atoms with Crippen LogP contribution in [0.3, 0.4) is 0 Å². The molecular weight excluding hydrogens is 246 g/mol. The van der Waals surface area contributed by atoms with Crippen LogP contribution in [0, 0.1) is 11.8 Å². The minimum Gasteiger partial charge on any atom is -0.460 e. The van der Waals surface area contributed by atoms with Gasteiger partial charge in [-0.25, -0.2) is 5.06 Å². The van der Waals surface area contributed by atoms with Gasteiger partial charge in [0.05, 0.1) is 19.4 Å². The van der Waals surface area contributed by atoms with E-state index in [0.717, 1.165) is 19.3 Å². The van der Waals surface area contributed by atoms with Crippen molar-refractivity contribution in [1.29, 1.82) is 0 Å². The van der Waals surface area contributed by atoms with E-state index in [4.69, 9.17) is 9.57 Å². The van der Waals surface area contributed by atoms with Crippen LogP contribution in [0.1, 0.15) is 46.5 Å². The summed E-state index contributed by atoms with van der Waals surface area (Å²) < 4.78 is 5.28. The maximum atomic E-state index is 12.1. The van der Waals surface area contributed by atoms with E-state index >= 15 is 0 Å². The van der Waals surface area contributed by atoms with Crippen LogP contribution >= 0.6 is 0 Å². The second-order valence-corrected chi connectivity index (χ2v) is 6.18. The van der Waals surface area contributed by atoms with Crippen molar-refractivity contribution in [2.24, 2.45) is 11.8 Å². The summed E-state index contributed by atoms with van der Waals surface area (Å²) in [7, 11) is 3.01. The highest BCUT2D eigenvalue weighted by molar-refractivity contribution is 5.83. The van der Waals surface area contributed by atoms with Crippen LogP contribution in [0.25, 0.3) is 0 Å². The Morgan fingerprint density at radius 2 is 1.89 bits per heavy atom. The van der Waals surface area contributed by atoms with Gasteiger partial charge in [-0.1, -0.05) is 12.8 Å². The third-order valence-corrected chi connectivity index (χ3v) is 3.08. The lowest BCUT2D eigenvalue weighted by Gasteiger charge is -2.24. The molecule has 5 nitrogen and oxygen atoms in total. The highest BCUT2D eigenvalue weighted by atomic mass is 16.7. The van der Waals surface area contributed by atoms with Crippen LogP contribution in [0.5, 0.6) is 0 Å². The van der Waals surface area contributed by atoms with Gasteiger partial charge in [0.25, 0.3) is 0 Å². The van der Waals surface area contributed by atoms with E-state index in [1.165, 1.54) is 12.2 Å². The zero-order chi connectivity index (χ0) is 14.6. The summed E-state index contributed by atoms with van der Waals surface area (Å²) in [6, 6.07) is 0. The van der Waals surface area contributed by atoms with Gasteiger partial charge in [0.15, 0.2) is 0 Å². The molecule has 1 aliphatic carbocycles. The maximum Gasteiger partial charge on any atom is 0.307 e. The van der Waals surface area contributed by atoms with E-state index in [0.29, 0.717) is 5.92 Å². The third kappa shape index (κ3) is 6.05. The molecule has 110 valence electrons. The van der Waals surface area contributed by atoms with Gasteiger partial charge in [0.2, 0.25) is 5.91 Å². The molecule has 0 aromatic heterocycles. The molecule has 19 heavy (non-hydrogen) atoms. The first-order valence-electron chi connectivity index (χ1n) is 6.76. The lowest BCUT2D eigenvalue weighted by molar-refractivity contribution is -0.177. The second-order valence-electron chi connectivity index (χ2n) is 6.18. The fourth-order valence-corrected chi connectivity index (χ4v) is 1.96. The average Bonchev–Trinajstić information content (AvgIpc) is 3.07. The molecule has 1 rings (SSSR count). The summed E-state index contributed by atoms with van der Waals surface area (Å²) in [6.45, 7) is 5.47. The summed E-state index contributed by atoms with van der Waals surface area (Å²) in [5.41, 5.74) is -0.516. The zero-order valence-corrected chi connectivity index (χ0v) is 12.6. The summed E-state index contributed by atoms with van der Waals surface area (Å²) in [5.74, 6) is -0.245. The normalized spacial score (nSPS) is 16.9. The number of rotatable bonds is 6. The van der Waals surface area contributed by atoms with E-state index in [1.54, 1.807) is 7.05 Å². The van der Waals surface area contributed by atoms with Crippen molar-refractivity contribution in [1.82, 2.24) is 5.06 Å². The SMILES string of the molecule is CON(C)C(=O)[C@@H](CC(=O)OC(C)(C)C)CC1CC1. The van der Waals surface area contributed by atoms with Gasteiger partial charge in [0.1, 0.15) is 5.60 Å². The Labute approximate surface area is 115 Å². The molecule has 1 atom stereocenters. The molecule has 0 spiro atoms. The largest absolute Gasteiger partial charge is 0.460 e. The highest BCUT2D eigenvalue weighted by Crippen LogP contribution is 2.37. The van der Waals surface area contributed by atoms with E-state index in [9.17, 15) is 9.59 Å². The van der Waals surface area contributed by atoms with Crippen molar-refractivity contribution < 1.29 is 19.2 Å². The number of hydrogen-bond donors (Lipinski definition) is 0. The average molecular weight is 271 g/mol. The quantitative estimate of drug-likeness (QED) is 0.548. The summed E-state index contributed by atoms with van der Waals surface area (Å²) in [6.07, 6.45) is 3.16. The molecule has 0 heterocycles. The summed E-state index contributed by atoms with van der Waals surface area (Å²) in [4.78, 5) is 28.9. The summed E-state index contributed by atoms with van der Waals surface area (Å²) in [5, 5.41) is 1.19. The topological polar surface area (TPSA) is 55.8 Å². The number of carbonyl (C=O) groups is 2. The molecule has 0 N–H and O–H groups in total. The minimum absolute atomic E-state index is 0.125. The molecule has 0 aromatic carbocycles. The molecule has 5 heteroatoms. The first-order valence-corrected chi connectivity index (χ1v) is 6.76. The van der Waals surface area contributed by atoms with Crippen molar-refractivity contribution in [2.75, 3.05) is 14.2 Å². The van der Waals surface area contributed by atoms with Crippen molar-refractivity contribution >= 4 is 11.9 Å². The smallest absolute Gasteiger partial charge is 0.307 e. The molecule has 0 radical (unpaired) electrons. The van der Waals surface area contributed by atoms with Gasteiger partial charge >= 0.3 is 5.97 Å². The van der Waals surface area contributed by atoms with Crippen LogP contribution in [-0.4, -0.2) is 36.7 Å². The van der Waals surface area contributed by atoms with Crippen LogP contribution in [0.15, 0.2) is 0 Å². The Morgan fingerprint density at radius 3 is 2.32 bits per heavy atom. The molecule has 1 amide bonds. The lowest BCUT2D eigenvalue weighted by atomic mass is 9.97. The molecule has 0 aliphatic heterocycles. The summed E-state index contributed by atoms with van der Waals surface area (Å²) >= 11 is 0. The van der Waals surface area contributed by atoms with Gasteiger partial charge in [-0.3, -0.25) is 14.4 Å². The van der Waals surface area contributed by atoms with Gasteiger partial charge < -0.3 is 4.74 Å². The van der Waals surface area contributed by atoms with Crippen LogP contribution < -0.4 is 0 Å². The number of amides is 1. The molecule has 1 saturated carbocycles. The molecule has 0 unspecified atom stereocenters. The van der Waals surface area contributed by atoms with E-state index in [1.807, 2.05) is 20.8 Å². The molecule has 0 saturated heterocycles. The van der Waals surface area contributed by atoms with Crippen molar-refractivity contribution in [3.8, 4) is 0 Å². The van der Waals surface area contributed by atoms with E-state index < -0.39 is 5.60 Å². The van der Waals surface area contributed by atoms with Crippen LogP contribution in [0.2, 0.25) is 0 Å². The number of hydroxylamine groups is 2. The first-order chi connectivity index (χ1) is 8.73. The maximum absolute atomic E-state index is 12.1. The Hall–Kier alpha value is -1.10. The lowest BCUT2D eigenvalue weighted by Crippen LogP contribution is -2.35. The zero-order valence-electron chi connectivity index (χ0n) is 12.6. The van der Waals surface area contributed by atoms with Crippen LogP contribution in [0.4, 0.5) is 0 Å². The Morgan fingerprint density at radius 1 is 1.32 bits per heavy atom. The predicted molar refractivity (Wildman–Crippen MR) is 71.1 cm³/mol. The molecule has 1 fully saturated rings. The molecule has 0 bridgehead atoms. The number of hydrogen-bond acceptors (Lipinski definition) is 4. The fraction of sp³-hybridized carbons (Fsp3) is 0.857. The van der Waals surface area contributed by atoms with Gasteiger partial charge in [-0.2, -0.15) is 0 Å². The number of carbonyl (C=O) groups excluding carboxylic acids is 2. The van der Waals surface area contributed by atoms with E-state index in [2.05, 4.69) is 0 Å². The van der Waals surface area contributed by atoms with Crippen molar-refractivity contribution in [3.63, 3.8) is 0 Å². The Balaban J connectivity index is 2.58. The molecule has 0 aromatic rings. The fourth-order valence-electron chi connectivity index (χ4n) is 1.96. The predicted octanol–water partition coefficient (Wildman–Crippen LogP) is 2.15. The molecular formula is C14H25NO4. The van der Waals surface area contributed by atoms with Gasteiger partial charge in [-0.05, 0) is 33.1 Å². The van der Waals surface area contributed by atoms with Crippen molar-refractivity contribution in [3.05, 3.63) is 0 Å². The van der Waals surface area contributed by atoms with Gasteiger partial charge in [-0.15, -0.1) is 0 Å².